The highest BCUT2D eigenvalue weighted by molar-refractivity contribution is 7.91. The Morgan fingerprint density at radius 2 is 2.05 bits per heavy atom. The minimum atomic E-state index is -3.02. The number of methoxy groups -OCH3 is 1. The number of sulfone groups is 1. The van der Waals surface area contributed by atoms with Gasteiger partial charge in [-0.1, -0.05) is 19.1 Å². The second kappa shape index (κ2) is 7.35. The van der Waals surface area contributed by atoms with E-state index in [0.717, 1.165) is 5.56 Å². The van der Waals surface area contributed by atoms with Gasteiger partial charge >= 0.3 is 0 Å². The third-order valence-electron chi connectivity index (χ3n) is 2.77. The van der Waals surface area contributed by atoms with E-state index < -0.39 is 9.84 Å². The Kier molecular flexibility index (Phi) is 6.11. The van der Waals surface area contributed by atoms with Gasteiger partial charge in [-0.25, -0.2) is 8.42 Å². The van der Waals surface area contributed by atoms with Crippen molar-refractivity contribution in [2.45, 2.75) is 13.3 Å². The van der Waals surface area contributed by atoms with E-state index in [9.17, 15) is 8.42 Å². The molecule has 0 aromatic heterocycles. The quantitative estimate of drug-likeness (QED) is 0.772. The van der Waals surface area contributed by atoms with Gasteiger partial charge in [-0.05, 0) is 24.6 Å². The van der Waals surface area contributed by atoms with Gasteiger partial charge in [0.25, 0.3) is 0 Å². The first-order chi connectivity index (χ1) is 9.04. The third-order valence-corrected chi connectivity index (χ3v) is 4.44. The van der Waals surface area contributed by atoms with E-state index in [-0.39, 0.29) is 18.1 Å². The Bertz CT molecular complexity index is 499. The molecule has 5 nitrogen and oxygen atoms in total. The average Bonchev–Trinajstić information content (AvgIpc) is 2.40. The van der Waals surface area contributed by atoms with Crippen LogP contribution in [-0.2, 0) is 16.3 Å². The molecule has 2 N–H and O–H groups in total. The molecule has 0 aliphatic heterocycles. The van der Waals surface area contributed by atoms with Crippen LogP contribution in [0.2, 0.25) is 0 Å². The highest BCUT2D eigenvalue weighted by atomic mass is 32.2. The Hall–Kier alpha value is -1.27. The molecule has 1 aromatic rings. The molecule has 0 fully saturated rings. The normalized spacial score (nSPS) is 11.3. The molecule has 19 heavy (non-hydrogen) atoms. The summed E-state index contributed by atoms with van der Waals surface area (Å²) in [6, 6.07) is 5.54. The fourth-order valence-electron chi connectivity index (χ4n) is 1.65. The van der Waals surface area contributed by atoms with Crippen LogP contribution in [0.3, 0.4) is 0 Å². The van der Waals surface area contributed by atoms with Crippen LogP contribution in [0.15, 0.2) is 18.2 Å². The Morgan fingerprint density at radius 1 is 1.32 bits per heavy atom. The van der Waals surface area contributed by atoms with Crippen LogP contribution < -0.4 is 15.2 Å². The average molecular weight is 287 g/mol. The molecule has 0 amide bonds. The number of ether oxygens (including phenoxy) is 2. The molecule has 6 heteroatoms. The largest absolute Gasteiger partial charge is 0.493 e. The Morgan fingerprint density at radius 3 is 2.63 bits per heavy atom. The monoisotopic (exact) mass is 287 g/mol. The summed E-state index contributed by atoms with van der Waals surface area (Å²) < 4.78 is 33.7. The summed E-state index contributed by atoms with van der Waals surface area (Å²) in [5, 5.41) is 0. The number of para-hydroxylation sites is 1. The first-order valence-electron chi connectivity index (χ1n) is 6.23. The van der Waals surface area contributed by atoms with E-state index in [1.54, 1.807) is 20.1 Å². The minimum absolute atomic E-state index is 0.00358. The van der Waals surface area contributed by atoms with E-state index in [1.807, 2.05) is 12.1 Å². The molecule has 0 atom stereocenters. The number of hydrogen-bond acceptors (Lipinski definition) is 5. The summed E-state index contributed by atoms with van der Waals surface area (Å²) in [4.78, 5) is 0. The summed E-state index contributed by atoms with van der Waals surface area (Å²) >= 11 is 0. The van der Waals surface area contributed by atoms with Crippen molar-refractivity contribution in [1.82, 2.24) is 0 Å². The summed E-state index contributed by atoms with van der Waals surface area (Å²) in [7, 11) is -1.47. The first kappa shape index (κ1) is 15.8. The fraction of sp³-hybridized carbons (Fsp3) is 0.538. The molecule has 0 spiro atoms. The standard InChI is InChI=1S/C13H21NO4S/c1-3-19(15,16)10-9-18-13-11(7-8-14)5-4-6-12(13)17-2/h4-6H,3,7-10,14H2,1-2H3. The van der Waals surface area contributed by atoms with E-state index >= 15 is 0 Å². The van der Waals surface area contributed by atoms with Crippen LogP contribution >= 0.6 is 0 Å². The maximum atomic E-state index is 11.4. The molecule has 108 valence electrons. The molecule has 0 aliphatic rings. The van der Waals surface area contributed by atoms with Gasteiger partial charge in [0.1, 0.15) is 6.61 Å². The number of nitrogens with two attached hydrogens (primary N) is 1. The first-order valence-corrected chi connectivity index (χ1v) is 8.05. The van der Waals surface area contributed by atoms with Crippen LogP contribution in [-0.4, -0.2) is 40.2 Å². The van der Waals surface area contributed by atoms with Gasteiger partial charge in [0, 0.05) is 5.75 Å². The maximum Gasteiger partial charge on any atom is 0.164 e. The van der Waals surface area contributed by atoms with Gasteiger partial charge in [0.05, 0.1) is 12.9 Å². The molecule has 1 aromatic carbocycles. The number of hydrogen-bond donors (Lipinski definition) is 1. The van der Waals surface area contributed by atoms with Crippen molar-refractivity contribution in [2.75, 3.05) is 31.8 Å². The van der Waals surface area contributed by atoms with E-state index in [4.69, 9.17) is 15.2 Å². The maximum absolute atomic E-state index is 11.4. The van der Waals surface area contributed by atoms with Crippen molar-refractivity contribution in [3.8, 4) is 11.5 Å². The van der Waals surface area contributed by atoms with Crippen molar-refractivity contribution in [1.29, 1.82) is 0 Å². The highest BCUT2D eigenvalue weighted by Crippen LogP contribution is 2.31. The van der Waals surface area contributed by atoms with Crippen LogP contribution in [0.1, 0.15) is 12.5 Å². The molecule has 0 aliphatic carbocycles. The van der Waals surface area contributed by atoms with Crippen molar-refractivity contribution in [2.24, 2.45) is 5.73 Å². The molecular weight excluding hydrogens is 266 g/mol. The highest BCUT2D eigenvalue weighted by Gasteiger charge is 2.12. The summed E-state index contributed by atoms with van der Waals surface area (Å²) in [6.45, 7) is 2.24. The topological polar surface area (TPSA) is 78.6 Å². The fourth-order valence-corrected chi connectivity index (χ4v) is 2.28. The van der Waals surface area contributed by atoms with Gasteiger partial charge in [-0.2, -0.15) is 0 Å². The van der Waals surface area contributed by atoms with Crippen LogP contribution in [0.25, 0.3) is 0 Å². The van der Waals surface area contributed by atoms with Crippen LogP contribution in [0, 0.1) is 0 Å². The summed E-state index contributed by atoms with van der Waals surface area (Å²) in [5.74, 6) is 1.31. The summed E-state index contributed by atoms with van der Waals surface area (Å²) in [6.07, 6.45) is 0.660. The van der Waals surface area contributed by atoms with E-state index in [0.29, 0.717) is 24.5 Å². The lowest BCUT2D eigenvalue weighted by Crippen LogP contribution is -2.16. The zero-order valence-corrected chi connectivity index (χ0v) is 12.2. The number of rotatable bonds is 8. The number of benzene rings is 1. The van der Waals surface area contributed by atoms with E-state index in [2.05, 4.69) is 0 Å². The van der Waals surface area contributed by atoms with Gasteiger partial charge in [-0.15, -0.1) is 0 Å². The van der Waals surface area contributed by atoms with Crippen molar-refractivity contribution < 1.29 is 17.9 Å². The predicted molar refractivity (Wildman–Crippen MR) is 75.6 cm³/mol. The lowest BCUT2D eigenvalue weighted by Gasteiger charge is -2.14. The zero-order valence-electron chi connectivity index (χ0n) is 11.4. The molecule has 0 saturated heterocycles. The Balaban J connectivity index is 2.80. The lowest BCUT2D eigenvalue weighted by molar-refractivity contribution is 0.308. The molecular formula is C13H21NO4S. The van der Waals surface area contributed by atoms with Gasteiger partial charge in [0.2, 0.25) is 0 Å². The summed E-state index contributed by atoms with van der Waals surface area (Å²) in [5.41, 5.74) is 6.47. The molecule has 0 saturated carbocycles. The predicted octanol–water partition coefficient (Wildman–Crippen LogP) is 1.01. The van der Waals surface area contributed by atoms with Crippen molar-refractivity contribution >= 4 is 9.84 Å². The SMILES string of the molecule is CCS(=O)(=O)CCOc1c(CCN)cccc1OC. The molecule has 0 bridgehead atoms. The molecule has 1 rings (SSSR count). The van der Waals surface area contributed by atoms with Gasteiger partial charge in [0.15, 0.2) is 21.3 Å². The Labute approximate surface area is 114 Å². The van der Waals surface area contributed by atoms with Crippen LogP contribution in [0.4, 0.5) is 0 Å². The molecule has 0 unspecified atom stereocenters. The third kappa shape index (κ3) is 4.72. The van der Waals surface area contributed by atoms with Gasteiger partial charge < -0.3 is 15.2 Å². The lowest BCUT2D eigenvalue weighted by atomic mass is 10.1. The zero-order chi connectivity index (χ0) is 14.3. The molecule has 0 heterocycles. The van der Waals surface area contributed by atoms with Gasteiger partial charge in [-0.3, -0.25) is 0 Å². The van der Waals surface area contributed by atoms with Crippen molar-refractivity contribution in [3.63, 3.8) is 0 Å². The minimum Gasteiger partial charge on any atom is -0.493 e. The second-order valence-electron chi connectivity index (χ2n) is 4.07. The van der Waals surface area contributed by atoms with Crippen molar-refractivity contribution in [3.05, 3.63) is 23.8 Å². The van der Waals surface area contributed by atoms with E-state index in [1.165, 1.54) is 0 Å². The molecule has 0 radical (unpaired) electrons. The smallest absolute Gasteiger partial charge is 0.164 e. The second-order valence-corrected chi connectivity index (χ2v) is 6.54. The van der Waals surface area contributed by atoms with Crippen LogP contribution in [0.5, 0.6) is 11.5 Å².